The molecule has 2 heterocycles. The van der Waals surface area contributed by atoms with Crippen LogP contribution in [0.4, 0.5) is 0 Å². The number of unbranched alkanes of at least 4 members (excludes halogenated alkanes) is 1. The number of benzene rings is 2. The summed E-state index contributed by atoms with van der Waals surface area (Å²) in [7, 11) is 0. The summed E-state index contributed by atoms with van der Waals surface area (Å²) < 4.78 is 0. The first-order valence-electron chi connectivity index (χ1n) is 9.15. The molecular formula is C22H21Cl2N3. The van der Waals surface area contributed by atoms with Crippen LogP contribution in [0.3, 0.4) is 0 Å². The molecule has 5 heteroatoms. The van der Waals surface area contributed by atoms with Crippen LogP contribution in [0, 0.1) is 6.92 Å². The predicted octanol–water partition coefficient (Wildman–Crippen LogP) is 6.28. The Morgan fingerprint density at radius 1 is 1.07 bits per heavy atom. The van der Waals surface area contributed by atoms with Crippen molar-refractivity contribution in [1.82, 2.24) is 9.97 Å². The molecule has 4 aromatic rings. The molecule has 4 rings (SSSR count). The number of aryl methyl sites for hydroxylation is 2. The van der Waals surface area contributed by atoms with Crippen molar-refractivity contribution in [1.29, 1.82) is 0 Å². The average Bonchev–Trinajstić information content (AvgIpc) is 2.99. The Labute approximate surface area is 168 Å². The van der Waals surface area contributed by atoms with Crippen LogP contribution < -0.4 is 5.73 Å². The Morgan fingerprint density at radius 2 is 1.93 bits per heavy atom. The number of aromatic nitrogens is 2. The summed E-state index contributed by atoms with van der Waals surface area (Å²) in [4.78, 5) is 8.24. The normalized spacial score (nSPS) is 11.6. The van der Waals surface area contributed by atoms with Crippen molar-refractivity contribution in [2.75, 3.05) is 6.54 Å². The fourth-order valence-electron chi connectivity index (χ4n) is 3.71. The molecule has 0 saturated heterocycles. The molecule has 0 unspecified atom stereocenters. The van der Waals surface area contributed by atoms with Crippen molar-refractivity contribution < 1.29 is 0 Å². The fraction of sp³-hybridized carbons (Fsp3) is 0.227. The summed E-state index contributed by atoms with van der Waals surface area (Å²) in [6.07, 6.45) is 2.90. The minimum Gasteiger partial charge on any atom is -0.354 e. The maximum Gasteiger partial charge on any atom is 0.0711 e. The van der Waals surface area contributed by atoms with E-state index in [-0.39, 0.29) is 0 Å². The quantitative estimate of drug-likeness (QED) is 0.389. The van der Waals surface area contributed by atoms with Gasteiger partial charge in [0.1, 0.15) is 0 Å². The Kier molecular flexibility index (Phi) is 5.09. The third kappa shape index (κ3) is 3.43. The lowest BCUT2D eigenvalue weighted by Gasteiger charge is -2.09. The molecule has 0 aliphatic rings. The van der Waals surface area contributed by atoms with Crippen LogP contribution in [0.1, 0.15) is 24.1 Å². The highest BCUT2D eigenvalue weighted by atomic mass is 35.5. The number of nitrogens with zero attached hydrogens (tertiary/aromatic N) is 1. The Bertz CT molecular complexity index is 1130. The zero-order valence-corrected chi connectivity index (χ0v) is 16.7. The van der Waals surface area contributed by atoms with Gasteiger partial charge in [0, 0.05) is 32.6 Å². The number of rotatable bonds is 5. The SMILES string of the molecule is Cc1ccc2c(-c3[nH]c4cc(Cl)cc(Cl)c4c3CCCCN)cccc2n1. The highest BCUT2D eigenvalue weighted by molar-refractivity contribution is 6.39. The molecule has 0 saturated carbocycles. The van der Waals surface area contributed by atoms with Crippen molar-refractivity contribution in [2.45, 2.75) is 26.2 Å². The number of pyridine rings is 1. The maximum atomic E-state index is 6.58. The number of fused-ring (bicyclic) bond motifs is 2. The largest absolute Gasteiger partial charge is 0.354 e. The van der Waals surface area contributed by atoms with Gasteiger partial charge in [-0.15, -0.1) is 0 Å². The van der Waals surface area contributed by atoms with Gasteiger partial charge in [-0.2, -0.15) is 0 Å². The summed E-state index contributed by atoms with van der Waals surface area (Å²) in [5.41, 5.74) is 12.1. The number of hydrogen-bond donors (Lipinski definition) is 2. The summed E-state index contributed by atoms with van der Waals surface area (Å²) in [6.45, 7) is 2.70. The fourth-order valence-corrected chi connectivity index (χ4v) is 4.32. The molecule has 0 radical (unpaired) electrons. The Balaban J connectivity index is 1.98. The number of halogens is 2. The van der Waals surface area contributed by atoms with E-state index in [2.05, 4.69) is 22.1 Å². The molecule has 0 aliphatic heterocycles. The number of aromatic amines is 1. The molecule has 2 aromatic carbocycles. The van der Waals surface area contributed by atoms with Crippen molar-refractivity contribution in [3.8, 4) is 11.3 Å². The molecule has 0 amide bonds. The van der Waals surface area contributed by atoms with Crippen LogP contribution in [0.25, 0.3) is 33.1 Å². The van der Waals surface area contributed by atoms with Crippen LogP contribution in [-0.4, -0.2) is 16.5 Å². The average molecular weight is 398 g/mol. The smallest absolute Gasteiger partial charge is 0.0711 e. The van der Waals surface area contributed by atoms with E-state index in [1.165, 1.54) is 5.56 Å². The van der Waals surface area contributed by atoms with Crippen LogP contribution >= 0.6 is 23.2 Å². The lowest BCUT2D eigenvalue weighted by atomic mass is 9.97. The van der Waals surface area contributed by atoms with Gasteiger partial charge in [0.25, 0.3) is 0 Å². The number of nitrogens with one attached hydrogen (secondary N) is 1. The maximum absolute atomic E-state index is 6.58. The summed E-state index contributed by atoms with van der Waals surface area (Å²) in [6, 6.07) is 14.2. The molecule has 0 bridgehead atoms. The van der Waals surface area contributed by atoms with Gasteiger partial charge in [-0.25, -0.2) is 0 Å². The summed E-state index contributed by atoms with van der Waals surface area (Å²) in [5.74, 6) is 0. The molecule has 2 aromatic heterocycles. The van der Waals surface area contributed by atoms with E-state index in [4.69, 9.17) is 28.9 Å². The van der Waals surface area contributed by atoms with Crippen LogP contribution in [0.2, 0.25) is 10.0 Å². The number of hydrogen-bond acceptors (Lipinski definition) is 2. The van der Waals surface area contributed by atoms with Gasteiger partial charge in [-0.1, -0.05) is 41.4 Å². The van der Waals surface area contributed by atoms with E-state index in [1.54, 1.807) is 0 Å². The van der Waals surface area contributed by atoms with Crippen LogP contribution in [0.15, 0.2) is 42.5 Å². The Hall–Kier alpha value is -2.07. The molecule has 3 nitrogen and oxygen atoms in total. The van der Waals surface area contributed by atoms with Crippen molar-refractivity contribution >= 4 is 45.0 Å². The lowest BCUT2D eigenvalue weighted by molar-refractivity contribution is 0.748. The van der Waals surface area contributed by atoms with Crippen LogP contribution in [0.5, 0.6) is 0 Å². The second kappa shape index (κ2) is 7.51. The van der Waals surface area contributed by atoms with Crippen molar-refractivity contribution in [3.63, 3.8) is 0 Å². The van der Waals surface area contributed by atoms with E-state index in [9.17, 15) is 0 Å². The number of nitrogens with two attached hydrogens (primary N) is 1. The van der Waals surface area contributed by atoms with Gasteiger partial charge in [0.05, 0.1) is 16.2 Å². The van der Waals surface area contributed by atoms with Gasteiger partial charge < -0.3 is 10.7 Å². The van der Waals surface area contributed by atoms with Crippen molar-refractivity contribution in [2.24, 2.45) is 5.73 Å². The van der Waals surface area contributed by atoms with Gasteiger partial charge in [-0.05, 0) is 62.6 Å². The second-order valence-corrected chi connectivity index (χ2v) is 7.70. The lowest BCUT2D eigenvalue weighted by Crippen LogP contribution is -1.99. The first-order chi connectivity index (χ1) is 13.1. The standard InChI is InChI=1S/C22H21Cl2N3/c1-13-8-9-15-16(6-4-7-19(15)26-13)22-17(5-2-3-10-25)21-18(24)11-14(23)12-20(21)27-22/h4,6-9,11-12,27H,2-3,5,10,25H2,1H3. The van der Waals surface area contributed by atoms with E-state index in [0.29, 0.717) is 16.6 Å². The van der Waals surface area contributed by atoms with E-state index in [0.717, 1.165) is 58.0 Å². The molecule has 0 aliphatic carbocycles. The third-order valence-electron chi connectivity index (χ3n) is 4.94. The predicted molar refractivity (Wildman–Crippen MR) is 116 cm³/mol. The molecule has 0 atom stereocenters. The first kappa shape index (κ1) is 18.3. The Morgan fingerprint density at radius 3 is 2.74 bits per heavy atom. The first-order valence-corrected chi connectivity index (χ1v) is 9.90. The zero-order valence-electron chi connectivity index (χ0n) is 15.2. The molecule has 3 N–H and O–H groups in total. The molecular weight excluding hydrogens is 377 g/mol. The van der Waals surface area contributed by atoms with E-state index >= 15 is 0 Å². The van der Waals surface area contributed by atoms with E-state index in [1.807, 2.05) is 37.3 Å². The van der Waals surface area contributed by atoms with Gasteiger partial charge in [-0.3, -0.25) is 4.98 Å². The minimum atomic E-state index is 0.629. The zero-order chi connectivity index (χ0) is 19.0. The number of H-pyrrole nitrogens is 1. The highest BCUT2D eigenvalue weighted by Crippen LogP contribution is 2.39. The molecule has 0 fully saturated rings. The van der Waals surface area contributed by atoms with Gasteiger partial charge in [0.15, 0.2) is 0 Å². The highest BCUT2D eigenvalue weighted by Gasteiger charge is 2.18. The van der Waals surface area contributed by atoms with Gasteiger partial charge >= 0.3 is 0 Å². The van der Waals surface area contributed by atoms with Crippen molar-refractivity contribution in [3.05, 3.63) is 63.8 Å². The minimum absolute atomic E-state index is 0.629. The molecule has 138 valence electrons. The molecule has 27 heavy (non-hydrogen) atoms. The summed E-state index contributed by atoms with van der Waals surface area (Å²) in [5, 5.41) is 3.48. The molecule has 0 spiro atoms. The van der Waals surface area contributed by atoms with Crippen LogP contribution in [-0.2, 0) is 6.42 Å². The van der Waals surface area contributed by atoms with E-state index < -0.39 is 0 Å². The van der Waals surface area contributed by atoms with Gasteiger partial charge in [0.2, 0.25) is 0 Å². The monoisotopic (exact) mass is 397 g/mol. The third-order valence-corrected chi connectivity index (χ3v) is 5.46. The summed E-state index contributed by atoms with van der Waals surface area (Å²) >= 11 is 12.8. The second-order valence-electron chi connectivity index (χ2n) is 6.86. The topological polar surface area (TPSA) is 54.7 Å².